The second-order valence-electron chi connectivity index (χ2n) is 5.68. The Labute approximate surface area is 140 Å². The fourth-order valence-electron chi connectivity index (χ4n) is 2.78. The van der Waals surface area contributed by atoms with E-state index in [4.69, 9.17) is 9.98 Å². The Morgan fingerprint density at radius 3 is 2.38 bits per heavy atom. The third-order valence-electron chi connectivity index (χ3n) is 4.03. The van der Waals surface area contributed by atoms with E-state index in [9.17, 15) is 0 Å². The maximum absolute atomic E-state index is 4.83. The number of nitrogens with zero attached hydrogens (tertiary/aromatic N) is 2. The molecule has 0 bridgehead atoms. The number of para-hydroxylation sites is 3. The van der Waals surface area contributed by atoms with Gasteiger partial charge in [0.15, 0.2) is 0 Å². The van der Waals surface area contributed by atoms with Crippen LogP contribution in [0.4, 0.5) is 5.69 Å². The predicted molar refractivity (Wildman–Crippen MR) is 99.8 cm³/mol. The van der Waals surface area contributed by atoms with Gasteiger partial charge in [-0.25, -0.2) is 4.98 Å². The minimum atomic E-state index is 0.844. The lowest BCUT2D eigenvalue weighted by molar-refractivity contribution is 1.32. The molecule has 4 aromatic rings. The smallest absolute Gasteiger partial charge is 0.140 e. The van der Waals surface area contributed by atoms with E-state index < -0.39 is 0 Å². The van der Waals surface area contributed by atoms with Crippen LogP contribution in [0.2, 0.25) is 0 Å². The first-order valence-corrected chi connectivity index (χ1v) is 7.96. The van der Waals surface area contributed by atoms with Crippen molar-refractivity contribution in [2.24, 2.45) is 4.99 Å². The molecule has 1 heterocycles. The summed E-state index contributed by atoms with van der Waals surface area (Å²) < 4.78 is 0. The Kier molecular flexibility index (Phi) is 3.67. The van der Waals surface area contributed by atoms with Crippen molar-refractivity contribution in [3.05, 3.63) is 84.4 Å². The van der Waals surface area contributed by atoms with Crippen LogP contribution in [0.15, 0.2) is 83.9 Å². The third kappa shape index (κ3) is 2.72. The maximum Gasteiger partial charge on any atom is 0.140 e. The zero-order chi connectivity index (χ0) is 16.4. The lowest BCUT2D eigenvalue weighted by Gasteiger charge is -2.05. The van der Waals surface area contributed by atoms with E-state index in [2.05, 4.69) is 23.2 Å². The average Bonchev–Trinajstić information content (AvgIpc) is 3.07. The van der Waals surface area contributed by atoms with Crippen LogP contribution in [-0.2, 0) is 0 Å². The van der Waals surface area contributed by atoms with Crippen molar-refractivity contribution in [3.8, 4) is 11.4 Å². The monoisotopic (exact) mass is 311 g/mol. The predicted octanol–water partition coefficient (Wildman–Crippen LogP) is 5.37. The molecule has 4 rings (SSSR count). The van der Waals surface area contributed by atoms with Crippen molar-refractivity contribution in [2.45, 2.75) is 6.92 Å². The molecule has 0 saturated carbocycles. The van der Waals surface area contributed by atoms with Crippen LogP contribution in [0, 0.1) is 0 Å². The van der Waals surface area contributed by atoms with Gasteiger partial charge in [-0.3, -0.25) is 4.99 Å². The second-order valence-corrected chi connectivity index (χ2v) is 5.68. The lowest BCUT2D eigenvalue weighted by atomic mass is 10.1. The van der Waals surface area contributed by atoms with Crippen LogP contribution < -0.4 is 0 Å². The van der Waals surface area contributed by atoms with Gasteiger partial charge in [-0.1, -0.05) is 54.6 Å². The fraction of sp³-hybridized carbons (Fsp3) is 0.0476. The molecule has 1 aromatic heterocycles. The Morgan fingerprint density at radius 2 is 1.54 bits per heavy atom. The van der Waals surface area contributed by atoms with Gasteiger partial charge in [-0.05, 0) is 36.8 Å². The van der Waals surface area contributed by atoms with Crippen molar-refractivity contribution < 1.29 is 0 Å². The van der Waals surface area contributed by atoms with Crippen molar-refractivity contribution >= 4 is 22.4 Å². The number of fused-ring (bicyclic) bond motifs is 1. The highest BCUT2D eigenvalue weighted by molar-refractivity contribution is 6.01. The lowest BCUT2D eigenvalue weighted by Crippen LogP contribution is -1.93. The fourth-order valence-corrected chi connectivity index (χ4v) is 2.78. The number of aliphatic imine (C=N–C) groups is 1. The molecular weight excluding hydrogens is 294 g/mol. The molecule has 0 aliphatic heterocycles. The van der Waals surface area contributed by atoms with E-state index >= 15 is 0 Å². The van der Waals surface area contributed by atoms with Gasteiger partial charge in [0.2, 0.25) is 0 Å². The molecule has 0 aliphatic rings. The minimum absolute atomic E-state index is 0.844. The van der Waals surface area contributed by atoms with Gasteiger partial charge < -0.3 is 4.98 Å². The van der Waals surface area contributed by atoms with Crippen molar-refractivity contribution in [3.63, 3.8) is 0 Å². The normalized spacial score (nSPS) is 11.8. The molecular formula is C21H17N3. The average molecular weight is 311 g/mol. The highest BCUT2D eigenvalue weighted by Crippen LogP contribution is 2.30. The van der Waals surface area contributed by atoms with E-state index in [1.807, 2.05) is 67.6 Å². The van der Waals surface area contributed by atoms with E-state index in [1.54, 1.807) is 0 Å². The molecule has 0 saturated heterocycles. The number of benzene rings is 3. The van der Waals surface area contributed by atoms with E-state index in [0.717, 1.165) is 39.4 Å². The number of aromatic nitrogens is 2. The summed E-state index contributed by atoms with van der Waals surface area (Å²) in [7, 11) is 0. The largest absolute Gasteiger partial charge is 0.338 e. The molecule has 0 unspecified atom stereocenters. The number of hydrogen-bond acceptors (Lipinski definition) is 2. The highest BCUT2D eigenvalue weighted by Gasteiger charge is 2.09. The van der Waals surface area contributed by atoms with Gasteiger partial charge in [-0.2, -0.15) is 0 Å². The number of imidazole rings is 1. The van der Waals surface area contributed by atoms with Gasteiger partial charge in [0.1, 0.15) is 5.82 Å². The van der Waals surface area contributed by atoms with E-state index in [-0.39, 0.29) is 0 Å². The van der Waals surface area contributed by atoms with Crippen molar-refractivity contribution in [2.75, 3.05) is 0 Å². The molecule has 0 aliphatic carbocycles. The maximum atomic E-state index is 4.83. The molecule has 0 spiro atoms. The molecule has 1 N–H and O–H groups in total. The molecule has 0 amide bonds. The molecule has 116 valence electrons. The quantitative estimate of drug-likeness (QED) is 0.508. The summed E-state index contributed by atoms with van der Waals surface area (Å²) in [5.74, 6) is 0.844. The molecule has 3 heteroatoms. The number of aromatic amines is 1. The van der Waals surface area contributed by atoms with Gasteiger partial charge >= 0.3 is 0 Å². The number of rotatable bonds is 3. The van der Waals surface area contributed by atoms with Gasteiger partial charge in [0, 0.05) is 11.3 Å². The Bertz CT molecular complexity index is 980. The Hall–Kier alpha value is -3.20. The first-order chi connectivity index (χ1) is 11.8. The van der Waals surface area contributed by atoms with Crippen LogP contribution >= 0.6 is 0 Å². The zero-order valence-electron chi connectivity index (χ0n) is 13.4. The van der Waals surface area contributed by atoms with Crippen LogP contribution in [0.25, 0.3) is 22.4 Å². The summed E-state index contributed by atoms with van der Waals surface area (Å²) in [4.78, 5) is 12.9. The first-order valence-electron chi connectivity index (χ1n) is 7.96. The molecule has 0 fully saturated rings. The SMILES string of the molecule is CC(=Nc1ccccc1-c1nc2ccccc2[nH]1)c1ccccc1. The van der Waals surface area contributed by atoms with Crippen molar-refractivity contribution in [1.29, 1.82) is 0 Å². The highest BCUT2D eigenvalue weighted by atomic mass is 14.9. The van der Waals surface area contributed by atoms with E-state index in [1.165, 1.54) is 0 Å². The number of hydrogen-bond donors (Lipinski definition) is 1. The van der Waals surface area contributed by atoms with Gasteiger partial charge in [0.05, 0.1) is 16.7 Å². The molecule has 3 aromatic carbocycles. The van der Waals surface area contributed by atoms with Gasteiger partial charge in [0.25, 0.3) is 0 Å². The summed E-state index contributed by atoms with van der Waals surface area (Å²) >= 11 is 0. The zero-order valence-corrected chi connectivity index (χ0v) is 13.4. The topological polar surface area (TPSA) is 41.0 Å². The van der Waals surface area contributed by atoms with E-state index in [0.29, 0.717) is 0 Å². The summed E-state index contributed by atoms with van der Waals surface area (Å²) in [6.45, 7) is 2.03. The Balaban J connectivity index is 1.81. The van der Waals surface area contributed by atoms with Crippen LogP contribution in [-0.4, -0.2) is 15.7 Å². The third-order valence-corrected chi connectivity index (χ3v) is 4.03. The minimum Gasteiger partial charge on any atom is -0.338 e. The Morgan fingerprint density at radius 1 is 0.833 bits per heavy atom. The summed E-state index contributed by atoms with van der Waals surface area (Å²) in [5, 5.41) is 0. The summed E-state index contributed by atoms with van der Waals surface area (Å²) in [5.41, 5.74) is 6.02. The number of nitrogens with one attached hydrogen (secondary N) is 1. The molecule has 24 heavy (non-hydrogen) atoms. The molecule has 3 nitrogen and oxygen atoms in total. The summed E-state index contributed by atoms with van der Waals surface area (Å²) in [6, 6.07) is 26.4. The van der Waals surface area contributed by atoms with Crippen LogP contribution in [0.5, 0.6) is 0 Å². The summed E-state index contributed by atoms with van der Waals surface area (Å²) in [6.07, 6.45) is 0. The van der Waals surface area contributed by atoms with Gasteiger partial charge in [-0.15, -0.1) is 0 Å². The van der Waals surface area contributed by atoms with Crippen LogP contribution in [0.1, 0.15) is 12.5 Å². The van der Waals surface area contributed by atoms with Crippen molar-refractivity contribution in [1.82, 2.24) is 9.97 Å². The number of H-pyrrole nitrogens is 1. The molecule has 0 atom stereocenters. The van der Waals surface area contributed by atoms with Crippen LogP contribution in [0.3, 0.4) is 0 Å². The standard InChI is InChI=1S/C21H17N3/c1-15(16-9-3-2-4-10-16)22-18-12-6-5-11-17(18)21-23-19-13-7-8-14-20(19)24-21/h2-14H,1H3,(H,23,24). The first kappa shape index (κ1) is 14.4. The second kappa shape index (κ2) is 6.13. The molecule has 0 radical (unpaired) electrons.